The molecule has 180 valence electrons. The fourth-order valence-corrected chi connectivity index (χ4v) is 5.09. The molecule has 2 atom stereocenters. The van der Waals surface area contributed by atoms with Crippen LogP contribution >= 0.6 is 0 Å². The lowest BCUT2D eigenvalue weighted by Gasteiger charge is -2.35. The Balaban J connectivity index is 1.65. The van der Waals surface area contributed by atoms with E-state index in [9.17, 15) is 18.4 Å². The Hall–Kier alpha value is -3.81. The molecule has 1 amide bonds. The monoisotopic (exact) mass is 476 g/mol. The van der Waals surface area contributed by atoms with Gasteiger partial charge in [-0.05, 0) is 56.4 Å². The van der Waals surface area contributed by atoms with Crippen LogP contribution in [0.2, 0.25) is 0 Å². The molecule has 2 heterocycles. The molecule has 1 fully saturated rings. The first-order chi connectivity index (χ1) is 16.9. The van der Waals surface area contributed by atoms with Crippen LogP contribution in [0.1, 0.15) is 65.4 Å². The molecule has 4 aromatic rings. The van der Waals surface area contributed by atoms with E-state index in [1.165, 1.54) is 28.8 Å². The Morgan fingerprint density at radius 3 is 2.60 bits per heavy atom. The van der Waals surface area contributed by atoms with Crippen molar-refractivity contribution in [2.75, 3.05) is 0 Å². The van der Waals surface area contributed by atoms with Gasteiger partial charge in [0.2, 0.25) is 0 Å². The molecule has 1 unspecified atom stereocenters. The van der Waals surface area contributed by atoms with Crippen LogP contribution in [-0.2, 0) is 0 Å². The van der Waals surface area contributed by atoms with Gasteiger partial charge in [0.1, 0.15) is 11.6 Å². The topological polar surface area (TPSA) is 79.8 Å². The standard InChI is InChI=1S/C27H26F2N4O2/c1-15(19-13-30-31-14-19)33-16(2)23(21-10-5-11-22(29)24(21)27(33)35)26(34)32-25(17-6-3-7-17)18-8-4-9-20(28)12-18/h4-5,8-15,17,25H,3,6-7H2,1-2H3,(H,30,31)(H,32,34)/t15-,25?/m0/s1. The van der Waals surface area contributed by atoms with Crippen molar-refractivity contribution in [2.24, 2.45) is 5.92 Å². The van der Waals surface area contributed by atoms with E-state index < -0.39 is 23.3 Å². The van der Waals surface area contributed by atoms with E-state index >= 15 is 0 Å². The molecule has 1 aliphatic rings. The molecule has 1 aliphatic carbocycles. The van der Waals surface area contributed by atoms with Gasteiger partial charge in [-0.15, -0.1) is 0 Å². The number of aromatic nitrogens is 3. The summed E-state index contributed by atoms with van der Waals surface area (Å²) < 4.78 is 30.4. The average Bonchev–Trinajstić information content (AvgIpc) is 3.32. The lowest BCUT2D eigenvalue weighted by molar-refractivity contribution is 0.0900. The van der Waals surface area contributed by atoms with Gasteiger partial charge in [-0.25, -0.2) is 8.78 Å². The number of rotatable bonds is 6. The molecular weight excluding hydrogens is 450 g/mol. The fourth-order valence-electron chi connectivity index (χ4n) is 5.09. The number of carbonyl (C=O) groups is 1. The molecule has 0 aliphatic heterocycles. The quantitative estimate of drug-likeness (QED) is 0.402. The first-order valence-corrected chi connectivity index (χ1v) is 11.7. The number of hydrogen-bond donors (Lipinski definition) is 2. The van der Waals surface area contributed by atoms with Crippen molar-refractivity contribution in [3.05, 3.63) is 99.2 Å². The number of benzene rings is 2. The number of fused-ring (bicyclic) bond motifs is 1. The van der Waals surface area contributed by atoms with Crippen LogP contribution in [0.15, 0.2) is 59.7 Å². The lowest BCUT2D eigenvalue weighted by atomic mass is 9.77. The van der Waals surface area contributed by atoms with Crippen molar-refractivity contribution in [1.29, 1.82) is 0 Å². The second-order valence-electron chi connectivity index (χ2n) is 9.20. The Bertz CT molecular complexity index is 1460. The molecule has 5 rings (SSSR count). The van der Waals surface area contributed by atoms with Crippen molar-refractivity contribution >= 4 is 16.7 Å². The summed E-state index contributed by atoms with van der Waals surface area (Å²) in [6.07, 6.45) is 6.16. The summed E-state index contributed by atoms with van der Waals surface area (Å²) in [5.74, 6) is -1.30. The summed E-state index contributed by atoms with van der Waals surface area (Å²) in [6, 6.07) is 9.68. The van der Waals surface area contributed by atoms with Gasteiger partial charge in [0, 0.05) is 22.8 Å². The molecule has 2 aromatic heterocycles. The maximum atomic E-state index is 15.0. The number of aromatic amines is 1. The summed E-state index contributed by atoms with van der Waals surface area (Å²) in [6.45, 7) is 3.50. The number of halogens is 2. The van der Waals surface area contributed by atoms with E-state index in [4.69, 9.17) is 0 Å². The van der Waals surface area contributed by atoms with Crippen molar-refractivity contribution in [2.45, 2.75) is 45.2 Å². The number of hydrogen-bond acceptors (Lipinski definition) is 3. The molecule has 0 radical (unpaired) electrons. The SMILES string of the molecule is Cc1c(C(=O)NC(c2cccc(F)c2)C2CCC2)c2cccc(F)c2c(=O)n1[C@@H](C)c1cn[nH]c1. The zero-order valence-electron chi connectivity index (χ0n) is 19.5. The Labute approximate surface area is 201 Å². The molecule has 6 nitrogen and oxygen atoms in total. The highest BCUT2D eigenvalue weighted by Crippen LogP contribution is 2.38. The maximum absolute atomic E-state index is 15.0. The van der Waals surface area contributed by atoms with Gasteiger partial charge in [0.15, 0.2) is 0 Å². The van der Waals surface area contributed by atoms with Gasteiger partial charge in [-0.2, -0.15) is 5.10 Å². The molecule has 0 spiro atoms. The van der Waals surface area contributed by atoms with E-state index in [0.717, 1.165) is 24.8 Å². The van der Waals surface area contributed by atoms with Crippen LogP contribution in [0.5, 0.6) is 0 Å². The maximum Gasteiger partial charge on any atom is 0.262 e. The summed E-state index contributed by atoms with van der Waals surface area (Å²) >= 11 is 0. The second-order valence-corrected chi connectivity index (χ2v) is 9.20. The van der Waals surface area contributed by atoms with Gasteiger partial charge < -0.3 is 9.88 Å². The number of amides is 1. The third-order valence-corrected chi connectivity index (χ3v) is 7.17. The van der Waals surface area contributed by atoms with E-state index in [2.05, 4.69) is 15.5 Å². The highest BCUT2D eigenvalue weighted by atomic mass is 19.1. The minimum atomic E-state index is -0.685. The summed E-state index contributed by atoms with van der Waals surface area (Å²) in [7, 11) is 0. The van der Waals surface area contributed by atoms with E-state index in [1.54, 1.807) is 44.4 Å². The molecule has 2 N–H and O–H groups in total. The van der Waals surface area contributed by atoms with Gasteiger partial charge in [-0.1, -0.05) is 30.7 Å². The van der Waals surface area contributed by atoms with Crippen LogP contribution in [0.25, 0.3) is 10.8 Å². The van der Waals surface area contributed by atoms with Crippen LogP contribution in [-0.4, -0.2) is 20.7 Å². The lowest BCUT2D eigenvalue weighted by Crippen LogP contribution is -2.38. The minimum Gasteiger partial charge on any atom is -0.345 e. The Kier molecular flexibility index (Phi) is 5.96. The van der Waals surface area contributed by atoms with Crippen LogP contribution < -0.4 is 10.9 Å². The minimum absolute atomic E-state index is 0.135. The van der Waals surface area contributed by atoms with Gasteiger partial charge >= 0.3 is 0 Å². The van der Waals surface area contributed by atoms with Gasteiger partial charge in [0.05, 0.1) is 29.2 Å². The first-order valence-electron chi connectivity index (χ1n) is 11.7. The highest BCUT2D eigenvalue weighted by molar-refractivity contribution is 6.08. The van der Waals surface area contributed by atoms with Crippen LogP contribution in [0.3, 0.4) is 0 Å². The van der Waals surface area contributed by atoms with E-state index in [0.29, 0.717) is 11.3 Å². The van der Waals surface area contributed by atoms with E-state index in [-0.39, 0.29) is 34.1 Å². The van der Waals surface area contributed by atoms with Gasteiger partial charge in [-0.3, -0.25) is 14.7 Å². The van der Waals surface area contributed by atoms with Crippen LogP contribution in [0.4, 0.5) is 8.78 Å². The molecule has 2 aromatic carbocycles. The van der Waals surface area contributed by atoms with Crippen LogP contribution in [0, 0.1) is 24.5 Å². The predicted octanol–water partition coefficient (Wildman–Crippen LogP) is 5.19. The van der Waals surface area contributed by atoms with Crippen molar-refractivity contribution in [3.8, 4) is 0 Å². The Morgan fingerprint density at radius 2 is 1.94 bits per heavy atom. The van der Waals surface area contributed by atoms with Crippen molar-refractivity contribution in [3.63, 3.8) is 0 Å². The Morgan fingerprint density at radius 1 is 1.17 bits per heavy atom. The number of pyridine rings is 1. The molecular formula is C27H26F2N4O2. The van der Waals surface area contributed by atoms with Gasteiger partial charge in [0.25, 0.3) is 11.5 Å². The highest BCUT2D eigenvalue weighted by Gasteiger charge is 2.32. The predicted molar refractivity (Wildman–Crippen MR) is 129 cm³/mol. The molecule has 8 heteroatoms. The molecule has 0 saturated heterocycles. The fraction of sp³-hybridized carbons (Fsp3) is 0.296. The second kappa shape index (κ2) is 9.09. The van der Waals surface area contributed by atoms with E-state index in [1.807, 2.05) is 0 Å². The number of nitrogens with zero attached hydrogens (tertiary/aromatic N) is 2. The smallest absolute Gasteiger partial charge is 0.262 e. The zero-order valence-corrected chi connectivity index (χ0v) is 19.5. The molecule has 1 saturated carbocycles. The van der Waals surface area contributed by atoms with Crippen molar-refractivity contribution in [1.82, 2.24) is 20.1 Å². The molecule has 0 bridgehead atoms. The number of nitrogens with one attached hydrogen (secondary N) is 2. The average molecular weight is 477 g/mol. The molecule has 35 heavy (non-hydrogen) atoms. The summed E-state index contributed by atoms with van der Waals surface area (Å²) in [4.78, 5) is 27.3. The zero-order chi connectivity index (χ0) is 24.7. The largest absolute Gasteiger partial charge is 0.345 e. The third kappa shape index (κ3) is 4.03. The normalized spacial score (nSPS) is 15.5. The number of H-pyrrole nitrogens is 1. The summed E-state index contributed by atoms with van der Waals surface area (Å²) in [5.41, 5.74) is 1.56. The summed E-state index contributed by atoms with van der Waals surface area (Å²) in [5, 5.41) is 9.90. The third-order valence-electron chi connectivity index (χ3n) is 7.17. The number of carbonyl (C=O) groups excluding carboxylic acids is 1. The van der Waals surface area contributed by atoms with Crippen molar-refractivity contribution < 1.29 is 13.6 Å². The first kappa shape index (κ1) is 23.0.